The van der Waals surface area contributed by atoms with Crippen molar-refractivity contribution in [2.75, 3.05) is 24.7 Å². The highest BCUT2D eigenvalue weighted by atomic mass is 16.6. The van der Waals surface area contributed by atoms with Crippen LogP contribution in [0.25, 0.3) is 6.08 Å². The molecular formula is C24H20N2O5. The van der Waals surface area contributed by atoms with Gasteiger partial charge in [0, 0.05) is 36.0 Å². The molecule has 0 saturated heterocycles. The van der Waals surface area contributed by atoms with Gasteiger partial charge in [0.05, 0.1) is 4.92 Å². The summed E-state index contributed by atoms with van der Waals surface area (Å²) in [6.07, 6.45) is 3.80. The summed E-state index contributed by atoms with van der Waals surface area (Å²) in [5.41, 5.74) is 1.72. The number of nitro groups is 1. The van der Waals surface area contributed by atoms with Gasteiger partial charge in [-0.05, 0) is 23.8 Å². The minimum absolute atomic E-state index is 0.132. The van der Waals surface area contributed by atoms with Gasteiger partial charge in [0.25, 0.3) is 11.6 Å². The molecule has 0 fully saturated rings. The van der Waals surface area contributed by atoms with Crippen LogP contribution in [0.2, 0.25) is 0 Å². The molecule has 0 atom stereocenters. The topological polar surface area (TPSA) is 81.9 Å². The van der Waals surface area contributed by atoms with E-state index in [2.05, 4.69) is 0 Å². The summed E-state index contributed by atoms with van der Waals surface area (Å²) in [5, 5.41) is 11.1. The number of benzene rings is 3. The predicted molar refractivity (Wildman–Crippen MR) is 118 cm³/mol. The first kappa shape index (κ1) is 20.2. The molecule has 0 saturated carbocycles. The van der Waals surface area contributed by atoms with E-state index in [4.69, 9.17) is 9.47 Å². The molecule has 0 aromatic heterocycles. The molecule has 0 bridgehead atoms. The van der Waals surface area contributed by atoms with Gasteiger partial charge in [-0.25, -0.2) is 0 Å². The fraction of sp³-hybridized carbons (Fsp3) is 0.125. The predicted octanol–water partition coefficient (Wildman–Crippen LogP) is 4.73. The molecule has 3 aromatic carbocycles. The number of nitrogens with zero attached hydrogens (tertiary/aromatic N) is 2. The number of ether oxygens (including phenoxy) is 2. The second-order valence-electron chi connectivity index (χ2n) is 6.86. The normalized spacial score (nSPS) is 12.5. The zero-order valence-corrected chi connectivity index (χ0v) is 16.6. The molecule has 0 aliphatic carbocycles. The molecule has 0 unspecified atom stereocenters. The van der Waals surface area contributed by atoms with Gasteiger partial charge in [-0.3, -0.25) is 14.9 Å². The van der Waals surface area contributed by atoms with Gasteiger partial charge in [0.15, 0.2) is 11.5 Å². The highest BCUT2D eigenvalue weighted by molar-refractivity contribution is 6.06. The van der Waals surface area contributed by atoms with E-state index in [-0.39, 0.29) is 23.7 Å². The number of amides is 1. The number of nitro benzene ring substituents is 1. The van der Waals surface area contributed by atoms with E-state index in [0.717, 1.165) is 5.56 Å². The summed E-state index contributed by atoms with van der Waals surface area (Å²) < 4.78 is 11.2. The molecule has 0 N–H and O–H groups in total. The molecule has 4 rings (SSSR count). The molecule has 7 nitrogen and oxygen atoms in total. The standard InChI is InChI=1S/C24H20N2O5/c27-24(19-9-4-10-21(16-19)26(28)29)25(13-5-8-18-6-2-1-3-7-18)20-11-12-22-23(17-20)31-15-14-30-22/h1-12,16-17H,13-15H2/b8-5+. The zero-order valence-electron chi connectivity index (χ0n) is 16.6. The average Bonchev–Trinajstić information content (AvgIpc) is 2.82. The van der Waals surface area contributed by atoms with Gasteiger partial charge in [0.2, 0.25) is 0 Å². The van der Waals surface area contributed by atoms with E-state index >= 15 is 0 Å². The van der Waals surface area contributed by atoms with Crippen LogP contribution in [0.15, 0.2) is 78.9 Å². The van der Waals surface area contributed by atoms with Gasteiger partial charge in [0.1, 0.15) is 13.2 Å². The van der Waals surface area contributed by atoms with Crippen molar-refractivity contribution in [3.05, 3.63) is 100 Å². The monoisotopic (exact) mass is 416 g/mol. The third-order valence-corrected chi connectivity index (χ3v) is 4.78. The summed E-state index contributed by atoms with van der Waals surface area (Å²) in [4.78, 5) is 25.5. The van der Waals surface area contributed by atoms with Crippen molar-refractivity contribution in [2.24, 2.45) is 0 Å². The third-order valence-electron chi connectivity index (χ3n) is 4.78. The minimum Gasteiger partial charge on any atom is -0.486 e. The fourth-order valence-corrected chi connectivity index (χ4v) is 3.27. The van der Waals surface area contributed by atoms with Crippen LogP contribution in [0, 0.1) is 10.1 Å². The zero-order chi connectivity index (χ0) is 21.6. The van der Waals surface area contributed by atoms with Crippen LogP contribution < -0.4 is 14.4 Å². The molecule has 1 heterocycles. The van der Waals surface area contributed by atoms with Gasteiger partial charge < -0.3 is 14.4 Å². The number of anilines is 1. The Labute approximate surface area is 179 Å². The van der Waals surface area contributed by atoms with E-state index < -0.39 is 4.92 Å². The number of carbonyl (C=O) groups is 1. The number of carbonyl (C=O) groups excluding carboxylic acids is 1. The average molecular weight is 416 g/mol. The minimum atomic E-state index is -0.513. The van der Waals surface area contributed by atoms with Crippen LogP contribution in [0.1, 0.15) is 15.9 Å². The Morgan fingerprint density at radius 1 is 0.968 bits per heavy atom. The number of non-ortho nitro benzene ring substituents is 1. The van der Waals surface area contributed by atoms with Gasteiger partial charge in [-0.15, -0.1) is 0 Å². The first-order valence-corrected chi connectivity index (χ1v) is 9.79. The largest absolute Gasteiger partial charge is 0.486 e. The first-order valence-electron chi connectivity index (χ1n) is 9.79. The Morgan fingerprint density at radius 3 is 2.52 bits per heavy atom. The van der Waals surface area contributed by atoms with E-state index in [0.29, 0.717) is 30.4 Å². The van der Waals surface area contributed by atoms with Crippen molar-refractivity contribution in [1.29, 1.82) is 0 Å². The van der Waals surface area contributed by atoms with Crippen molar-refractivity contribution in [1.82, 2.24) is 0 Å². The van der Waals surface area contributed by atoms with Crippen molar-refractivity contribution in [2.45, 2.75) is 0 Å². The molecule has 0 radical (unpaired) electrons. The smallest absolute Gasteiger partial charge is 0.270 e. The van der Waals surface area contributed by atoms with Crippen LogP contribution in [-0.4, -0.2) is 30.6 Å². The summed E-state index contributed by atoms with van der Waals surface area (Å²) in [6.45, 7) is 1.18. The maximum absolute atomic E-state index is 13.3. The number of fused-ring (bicyclic) bond motifs is 1. The van der Waals surface area contributed by atoms with Crippen molar-refractivity contribution >= 4 is 23.4 Å². The Bertz CT molecular complexity index is 1130. The van der Waals surface area contributed by atoms with Crippen molar-refractivity contribution in [3.63, 3.8) is 0 Å². The fourth-order valence-electron chi connectivity index (χ4n) is 3.27. The van der Waals surface area contributed by atoms with E-state index in [1.54, 1.807) is 29.2 Å². The van der Waals surface area contributed by atoms with Crippen LogP contribution in [0.4, 0.5) is 11.4 Å². The Kier molecular flexibility index (Phi) is 5.93. The van der Waals surface area contributed by atoms with E-state index in [9.17, 15) is 14.9 Å². The summed E-state index contributed by atoms with van der Waals surface area (Å²) >= 11 is 0. The third kappa shape index (κ3) is 4.72. The Balaban J connectivity index is 1.66. The molecule has 156 valence electrons. The second-order valence-corrected chi connectivity index (χ2v) is 6.86. The highest BCUT2D eigenvalue weighted by Crippen LogP contribution is 2.34. The molecule has 31 heavy (non-hydrogen) atoms. The van der Waals surface area contributed by atoms with Crippen molar-refractivity contribution in [3.8, 4) is 11.5 Å². The summed E-state index contributed by atoms with van der Waals surface area (Å²) in [5.74, 6) is 0.836. The summed E-state index contributed by atoms with van der Waals surface area (Å²) in [7, 11) is 0. The highest BCUT2D eigenvalue weighted by Gasteiger charge is 2.21. The van der Waals surface area contributed by atoms with Crippen LogP contribution in [0.3, 0.4) is 0 Å². The maximum Gasteiger partial charge on any atom is 0.270 e. The first-order chi connectivity index (χ1) is 15.1. The quantitative estimate of drug-likeness (QED) is 0.429. The second kappa shape index (κ2) is 9.13. The van der Waals surface area contributed by atoms with Gasteiger partial charge in [-0.2, -0.15) is 0 Å². The SMILES string of the molecule is O=C(c1cccc([N+](=O)[O-])c1)N(C/C=C/c1ccccc1)c1ccc2c(c1)OCCO2. The molecule has 1 amide bonds. The lowest BCUT2D eigenvalue weighted by molar-refractivity contribution is -0.384. The van der Waals surface area contributed by atoms with Gasteiger partial charge >= 0.3 is 0 Å². The lowest BCUT2D eigenvalue weighted by Crippen LogP contribution is -2.31. The number of hydrogen-bond donors (Lipinski definition) is 0. The molecule has 1 aliphatic heterocycles. The van der Waals surface area contributed by atoms with Crippen LogP contribution in [-0.2, 0) is 0 Å². The Hall–Kier alpha value is -4.13. The van der Waals surface area contributed by atoms with Crippen LogP contribution in [0.5, 0.6) is 11.5 Å². The molecule has 3 aromatic rings. The lowest BCUT2D eigenvalue weighted by Gasteiger charge is -2.24. The van der Waals surface area contributed by atoms with E-state index in [1.165, 1.54) is 18.2 Å². The van der Waals surface area contributed by atoms with Crippen LogP contribution >= 0.6 is 0 Å². The van der Waals surface area contributed by atoms with Crippen molar-refractivity contribution < 1.29 is 19.2 Å². The summed E-state index contributed by atoms with van der Waals surface area (Å²) in [6, 6.07) is 20.8. The number of rotatable bonds is 6. The number of hydrogen-bond acceptors (Lipinski definition) is 5. The molecule has 0 spiro atoms. The van der Waals surface area contributed by atoms with E-state index in [1.807, 2.05) is 42.5 Å². The maximum atomic E-state index is 13.3. The molecular weight excluding hydrogens is 396 g/mol. The lowest BCUT2D eigenvalue weighted by atomic mass is 10.1. The Morgan fingerprint density at radius 2 is 1.74 bits per heavy atom. The van der Waals surface area contributed by atoms with Gasteiger partial charge in [-0.1, -0.05) is 48.6 Å². The molecule has 7 heteroatoms. The molecule has 1 aliphatic rings.